The molecule has 1 aromatic rings. The maximum atomic E-state index is 12.9. The Morgan fingerprint density at radius 2 is 1.81 bits per heavy atom. The number of likely N-dealkylation sites (tertiary alicyclic amines) is 1. The van der Waals surface area contributed by atoms with E-state index in [0.29, 0.717) is 31.8 Å². The van der Waals surface area contributed by atoms with Gasteiger partial charge in [-0.25, -0.2) is 0 Å². The summed E-state index contributed by atoms with van der Waals surface area (Å²) in [7, 11) is 0. The van der Waals surface area contributed by atoms with Gasteiger partial charge < -0.3 is 14.9 Å². The van der Waals surface area contributed by atoms with Crippen molar-refractivity contribution in [1.82, 2.24) is 4.90 Å². The van der Waals surface area contributed by atoms with Gasteiger partial charge in [-0.2, -0.15) is 0 Å². The Hall–Kier alpha value is -2.37. The fourth-order valence-corrected chi connectivity index (χ4v) is 4.14. The smallest absolute Gasteiger partial charge is 0.308 e. The quantitative estimate of drug-likeness (QED) is 0.825. The highest BCUT2D eigenvalue weighted by atomic mass is 16.4. The van der Waals surface area contributed by atoms with E-state index < -0.39 is 17.8 Å². The van der Waals surface area contributed by atoms with Crippen LogP contribution < -0.4 is 4.90 Å². The number of rotatable bonds is 4. The Labute approximate surface area is 160 Å². The molecule has 0 saturated carbocycles. The van der Waals surface area contributed by atoms with Crippen molar-refractivity contribution in [3.05, 3.63) is 29.8 Å². The first-order valence-corrected chi connectivity index (χ1v) is 9.70. The number of piperidine rings is 1. The third-order valence-electron chi connectivity index (χ3n) is 5.70. The summed E-state index contributed by atoms with van der Waals surface area (Å²) < 4.78 is 0. The minimum atomic E-state index is -0.871. The number of nitrogens with zero attached hydrogens (tertiary/aromatic N) is 2. The second-order valence-corrected chi connectivity index (χ2v) is 8.20. The standard InChI is InChI=1S/C21H28N2O4/c1-13(2)15-4-6-17(7-5-15)23-9-8-18(20(23)25)19(24)22-11-14(3)10-16(12-22)21(26)27/h4-7,13-14,16,18H,8-12H2,1-3H3,(H,26,27). The average molecular weight is 372 g/mol. The van der Waals surface area contributed by atoms with Crippen LogP contribution in [0.3, 0.4) is 0 Å². The summed E-state index contributed by atoms with van der Waals surface area (Å²) in [4.78, 5) is 40.4. The van der Waals surface area contributed by atoms with E-state index in [-0.39, 0.29) is 24.3 Å². The second-order valence-electron chi connectivity index (χ2n) is 8.20. The minimum absolute atomic E-state index is 0.125. The van der Waals surface area contributed by atoms with Crippen LogP contribution in [0.4, 0.5) is 5.69 Å². The van der Waals surface area contributed by atoms with Crippen molar-refractivity contribution in [3.8, 4) is 0 Å². The lowest BCUT2D eigenvalue weighted by atomic mass is 9.89. The molecule has 2 aliphatic rings. The minimum Gasteiger partial charge on any atom is -0.481 e. The number of amides is 2. The maximum absolute atomic E-state index is 12.9. The molecule has 0 aliphatic carbocycles. The first-order valence-electron chi connectivity index (χ1n) is 9.70. The number of carbonyl (C=O) groups is 3. The Kier molecular flexibility index (Phi) is 5.53. The molecule has 3 atom stereocenters. The first kappa shape index (κ1) is 19.4. The molecule has 6 heteroatoms. The van der Waals surface area contributed by atoms with Crippen LogP contribution in [-0.4, -0.2) is 47.4 Å². The van der Waals surface area contributed by atoms with Gasteiger partial charge in [0.05, 0.1) is 5.92 Å². The SMILES string of the molecule is CC1CC(C(=O)O)CN(C(=O)C2CCN(c3ccc(C(C)C)cc3)C2=O)C1. The zero-order chi connectivity index (χ0) is 19.7. The predicted octanol–water partition coefficient (Wildman–Crippen LogP) is 2.73. The highest BCUT2D eigenvalue weighted by molar-refractivity contribution is 6.09. The Morgan fingerprint density at radius 1 is 1.15 bits per heavy atom. The number of carbonyl (C=O) groups excluding carboxylic acids is 2. The van der Waals surface area contributed by atoms with Gasteiger partial charge in [-0.3, -0.25) is 14.4 Å². The molecule has 2 heterocycles. The van der Waals surface area contributed by atoms with Crippen LogP contribution in [0.2, 0.25) is 0 Å². The van der Waals surface area contributed by atoms with Crippen LogP contribution in [0.25, 0.3) is 0 Å². The number of benzene rings is 1. The van der Waals surface area contributed by atoms with Gasteiger partial charge in [0, 0.05) is 25.3 Å². The topological polar surface area (TPSA) is 77.9 Å². The van der Waals surface area contributed by atoms with E-state index in [1.54, 1.807) is 9.80 Å². The monoisotopic (exact) mass is 372 g/mol. The molecule has 6 nitrogen and oxygen atoms in total. The summed E-state index contributed by atoms with van der Waals surface area (Å²) in [6, 6.07) is 7.91. The van der Waals surface area contributed by atoms with Crippen LogP contribution in [0, 0.1) is 17.8 Å². The normalized spacial score (nSPS) is 25.9. The molecule has 3 rings (SSSR count). The summed E-state index contributed by atoms with van der Waals surface area (Å²) in [5, 5.41) is 9.31. The molecule has 0 spiro atoms. The summed E-state index contributed by atoms with van der Waals surface area (Å²) in [6.45, 7) is 7.43. The van der Waals surface area contributed by atoms with E-state index in [4.69, 9.17) is 0 Å². The van der Waals surface area contributed by atoms with Crippen LogP contribution in [-0.2, 0) is 14.4 Å². The number of carboxylic acid groups (broad SMARTS) is 1. The molecule has 2 aliphatic heterocycles. The van der Waals surface area contributed by atoms with Crippen molar-refractivity contribution >= 4 is 23.5 Å². The molecular formula is C21H28N2O4. The Morgan fingerprint density at radius 3 is 2.41 bits per heavy atom. The van der Waals surface area contributed by atoms with Crippen LogP contribution in [0.15, 0.2) is 24.3 Å². The lowest BCUT2D eigenvalue weighted by molar-refractivity contribution is -0.148. The number of anilines is 1. The van der Waals surface area contributed by atoms with Crippen LogP contribution in [0.1, 0.15) is 45.1 Å². The zero-order valence-electron chi connectivity index (χ0n) is 16.2. The highest BCUT2D eigenvalue weighted by Crippen LogP contribution is 2.30. The molecule has 0 aromatic heterocycles. The van der Waals surface area contributed by atoms with Gasteiger partial charge in [-0.1, -0.05) is 32.9 Å². The van der Waals surface area contributed by atoms with Crippen molar-refractivity contribution < 1.29 is 19.5 Å². The fourth-order valence-electron chi connectivity index (χ4n) is 4.14. The van der Waals surface area contributed by atoms with Gasteiger partial charge >= 0.3 is 5.97 Å². The molecule has 1 N–H and O–H groups in total. The van der Waals surface area contributed by atoms with Gasteiger partial charge in [0.2, 0.25) is 11.8 Å². The molecule has 2 saturated heterocycles. The molecular weight excluding hydrogens is 344 g/mol. The zero-order valence-corrected chi connectivity index (χ0v) is 16.2. The summed E-state index contributed by atoms with van der Waals surface area (Å²) in [5.74, 6) is -1.97. The molecule has 2 fully saturated rings. The summed E-state index contributed by atoms with van der Waals surface area (Å²) >= 11 is 0. The van der Waals surface area contributed by atoms with Crippen molar-refractivity contribution in [2.45, 2.75) is 39.5 Å². The second kappa shape index (κ2) is 7.71. The van der Waals surface area contributed by atoms with Crippen LogP contribution in [0.5, 0.6) is 0 Å². The number of aliphatic carboxylic acids is 1. The van der Waals surface area contributed by atoms with E-state index in [0.717, 1.165) is 5.69 Å². The van der Waals surface area contributed by atoms with Crippen molar-refractivity contribution in [1.29, 1.82) is 0 Å². The van der Waals surface area contributed by atoms with Gasteiger partial charge in [0.15, 0.2) is 0 Å². The Balaban J connectivity index is 1.70. The molecule has 3 unspecified atom stereocenters. The maximum Gasteiger partial charge on any atom is 0.308 e. The van der Waals surface area contributed by atoms with Gasteiger partial charge in [0.1, 0.15) is 5.92 Å². The van der Waals surface area contributed by atoms with Crippen molar-refractivity contribution in [2.75, 3.05) is 24.5 Å². The number of hydrogen-bond acceptors (Lipinski definition) is 3. The average Bonchev–Trinajstić information content (AvgIpc) is 3.02. The molecule has 0 radical (unpaired) electrons. The van der Waals surface area contributed by atoms with Gasteiger partial charge in [-0.05, 0) is 42.4 Å². The fraction of sp³-hybridized carbons (Fsp3) is 0.571. The lowest BCUT2D eigenvalue weighted by Crippen LogP contribution is -2.49. The van der Waals surface area contributed by atoms with E-state index >= 15 is 0 Å². The van der Waals surface area contributed by atoms with Gasteiger partial charge in [0.25, 0.3) is 0 Å². The van der Waals surface area contributed by atoms with Crippen LogP contribution >= 0.6 is 0 Å². The molecule has 0 bridgehead atoms. The van der Waals surface area contributed by atoms with Crippen molar-refractivity contribution in [2.24, 2.45) is 17.8 Å². The van der Waals surface area contributed by atoms with E-state index in [1.165, 1.54) is 5.56 Å². The summed E-state index contributed by atoms with van der Waals surface area (Å²) in [6.07, 6.45) is 1.05. The number of carboxylic acids is 1. The van der Waals surface area contributed by atoms with E-state index in [9.17, 15) is 19.5 Å². The third-order valence-corrected chi connectivity index (χ3v) is 5.70. The molecule has 2 amide bonds. The molecule has 146 valence electrons. The van der Waals surface area contributed by atoms with Crippen molar-refractivity contribution in [3.63, 3.8) is 0 Å². The number of hydrogen-bond donors (Lipinski definition) is 1. The Bertz CT molecular complexity index is 728. The molecule has 27 heavy (non-hydrogen) atoms. The predicted molar refractivity (Wildman–Crippen MR) is 102 cm³/mol. The summed E-state index contributed by atoms with van der Waals surface area (Å²) in [5.41, 5.74) is 2.02. The van der Waals surface area contributed by atoms with E-state index in [2.05, 4.69) is 13.8 Å². The third kappa shape index (κ3) is 3.99. The lowest BCUT2D eigenvalue weighted by Gasteiger charge is -2.35. The van der Waals surface area contributed by atoms with Gasteiger partial charge in [-0.15, -0.1) is 0 Å². The highest BCUT2D eigenvalue weighted by Gasteiger charge is 2.42. The largest absolute Gasteiger partial charge is 0.481 e. The molecule has 1 aromatic carbocycles. The first-order chi connectivity index (χ1) is 12.8. The van der Waals surface area contributed by atoms with E-state index in [1.807, 2.05) is 31.2 Å².